The summed E-state index contributed by atoms with van der Waals surface area (Å²) in [5.74, 6) is -2.12. The van der Waals surface area contributed by atoms with Crippen LogP contribution in [0.4, 0.5) is 0 Å². The second-order valence-electron chi connectivity index (χ2n) is 28.1. The Hall–Kier alpha value is -1.94. The Morgan fingerprint density at radius 1 is 0.247 bits per heavy atom. The van der Waals surface area contributed by atoms with Crippen LogP contribution in [-0.2, 0) is 65.4 Å². The summed E-state index contributed by atoms with van der Waals surface area (Å²) in [4.78, 5) is 72.6. The van der Waals surface area contributed by atoms with Crippen molar-refractivity contribution in [3.8, 4) is 0 Å². The first-order chi connectivity index (χ1) is 47.2. The molecule has 19 heteroatoms. The molecule has 0 saturated carbocycles. The smallest absolute Gasteiger partial charge is 0.462 e. The number of ether oxygens (including phenoxy) is 4. The number of phosphoric ester groups is 2. The SMILES string of the molecule is CCCCCCCCCCCCCCCCCCCCCCCC(=O)O[C@H](COC(=O)CCCCCCCCCCCCCCCCCCC)COP(=O)(O)OC[C@@H](O)COP(=O)(O)OC[C@@H](COC(=O)CCCCCCC)OC(=O)CCCCCCCCCCCCCCCC. The molecule has 0 aliphatic carbocycles. The zero-order valence-electron chi connectivity index (χ0n) is 63.1. The number of aliphatic hydroxyl groups is 1. The van der Waals surface area contributed by atoms with E-state index in [-0.39, 0.29) is 25.7 Å². The second kappa shape index (κ2) is 72.4. The van der Waals surface area contributed by atoms with Gasteiger partial charge < -0.3 is 33.8 Å². The van der Waals surface area contributed by atoms with Gasteiger partial charge in [-0.1, -0.05) is 368 Å². The standard InChI is InChI=1S/C78H152O17P2/c1-5-9-13-17-20-23-26-29-32-34-35-36-37-39-41-44-47-50-53-57-61-65-78(83)95-74(69-89-76(81)63-59-55-51-48-45-43-40-38-33-30-27-24-21-18-14-10-6-2)71-93-97(86,87)91-67-72(79)66-90-96(84,85)92-70-73(68-88-75(80)62-58-54-16-12-8-4)94-77(82)64-60-56-52-49-46-42-31-28-25-22-19-15-11-7-3/h72-74,79H,5-71H2,1-4H3,(H,84,85)(H,86,87)/t72-,73+,74+/m0/s1. The highest BCUT2D eigenvalue weighted by Gasteiger charge is 2.30. The van der Waals surface area contributed by atoms with E-state index in [0.29, 0.717) is 25.7 Å². The first-order valence-corrected chi connectivity index (χ1v) is 43.8. The summed E-state index contributed by atoms with van der Waals surface area (Å²) in [5.41, 5.74) is 0. The molecule has 0 heterocycles. The summed E-state index contributed by atoms with van der Waals surface area (Å²) >= 11 is 0. The molecule has 0 aliphatic heterocycles. The molecule has 5 atom stereocenters. The van der Waals surface area contributed by atoms with Gasteiger partial charge in [0.05, 0.1) is 26.4 Å². The number of esters is 4. The van der Waals surface area contributed by atoms with Gasteiger partial charge in [-0.25, -0.2) is 9.13 Å². The van der Waals surface area contributed by atoms with E-state index in [1.807, 2.05) is 0 Å². The molecule has 576 valence electrons. The topological polar surface area (TPSA) is 237 Å². The van der Waals surface area contributed by atoms with E-state index >= 15 is 0 Å². The average molecular weight is 1420 g/mol. The lowest BCUT2D eigenvalue weighted by atomic mass is 10.0. The first kappa shape index (κ1) is 95.1. The summed E-state index contributed by atoms with van der Waals surface area (Å²) in [5, 5.41) is 10.6. The van der Waals surface area contributed by atoms with E-state index < -0.39 is 97.5 Å². The molecule has 0 aliphatic rings. The van der Waals surface area contributed by atoms with Gasteiger partial charge in [0.2, 0.25) is 0 Å². The van der Waals surface area contributed by atoms with Gasteiger partial charge in [-0.15, -0.1) is 0 Å². The summed E-state index contributed by atoms with van der Waals surface area (Å²) < 4.78 is 68.4. The maximum atomic E-state index is 13.1. The lowest BCUT2D eigenvalue weighted by Gasteiger charge is -2.21. The molecule has 0 amide bonds. The quantitative estimate of drug-likeness (QED) is 0.0222. The molecule has 0 radical (unpaired) electrons. The number of carbonyl (C=O) groups excluding carboxylic acids is 4. The molecule has 0 aromatic heterocycles. The van der Waals surface area contributed by atoms with Crippen molar-refractivity contribution in [2.45, 2.75) is 438 Å². The molecule has 17 nitrogen and oxygen atoms in total. The van der Waals surface area contributed by atoms with Crippen LogP contribution in [0.2, 0.25) is 0 Å². The zero-order valence-corrected chi connectivity index (χ0v) is 64.8. The average Bonchev–Trinajstić information content (AvgIpc) is 1.32. The van der Waals surface area contributed by atoms with Gasteiger partial charge in [0.15, 0.2) is 12.2 Å². The number of unbranched alkanes of at least 4 members (excludes halogenated alkanes) is 53. The van der Waals surface area contributed by atoms with Crippen LogP contribution in [0.15, 0.2) is 0 Å². The molecule has 0 spiro atoms. The number of phosphoric acid groups is 2. The molecule has 0 bridgehead atoms. The van der Waals surface area contributed by atoms with E-state index in [4.69, 9.17) is 37.0 Å². The number of hydrogen-bond donors (Lipinski definition) is 3. The van der Waals surface area contributed by atoms with E-state index in [2.05, 4.69) is 27.7 Å². The Morgan fingerprint density at radius 2 is 0.412 bits per heavy atom. The Bertz CT molecular complexity index is 1840. The predicted molar refractivity (Wildman–Crippen MR) is 395 cm³/mol. The van der Waals surface area contributed by atoms with Crippen molar-refractivity contribution in [1.82, 2.24) is 0 Å². The van der Waals surface area contributed by atoms with Crippen molar-refractivity contribution in [1.29, 1.82) is 0 Å². The minimum Gasteiger partial charge on any atom is -0.462 e. The van der Waals surface area contributed by atoms with E-state index in [1.165, 1.54) is 244 Å². The fourth-order valence-corrected chi connectivity index (χ4v) is 13.7. The minimum atomic E-state index is -4.96. The van der Waals surface area contributed by atoms with Crippen LogP contribution in [0.3, 0.4) is 0 Å². The molecule has 97 heavy (non-hydrogen) atoms. The highest BCUT2D eigenvalue weighted by Crippen LogP contribution is 2.45. The fraction of sp³-hybridized carbons (Fsp3) is 0.949. The molecule has 0 fully saturated rings. The summed E-state index contributed by atoms with van der Waals surface area (Å²) in [6.45, 7) is 4.92. The normalized spacial score (nSPS) is 13.8. The van der Waals surface area contributed by atoms with Gasteiger partial charge in [0, 0.05) is 25.7 Å². The fourth-order valence-electron chi connectivity index (χ4n) is 12.1. The van der Waals surface area contributed by atoms with Crippen molar-refractivity contribution in [3.05, 3.63) is 0 Å². The summed E-state index contributed by atoms with van der Waals surface area (Å²) in [7, 11) is -9.90. The highest BCUT2D eigenvalue weighted by molar-refractivity contribution is 7.47. The molecular weight excluding hydrogens is 1270 g/mol. The van der Waals surface area contributed by atoms with Crippen LogP contribution in [0, 0.1) is 0 Å². The summed E-state index contributed by atoms with van der Waals surface area (Å²) in [6.07, 6.45) is 64.3. The van der Waals surface area contributed by atoms with Crippen molar-refractivity contribution in [2.75, 3.05) is 39.6 Å². The van der Waals surface area contributed by atoms with Gasteiger partial charge in [-0.2, -0.15) is 0 Å². The van der Waals surface area contributed by atoms with Crippen LogP contribution < -0.4 is 0 Å². The van der Waals surface area contributed by atoms with Crippen molar-refractivity contribution in [2.24, 2.45) is 0 Å². The van der Waals surface area contributed by atoms with Crippen LogP contribution in [-0.4, -0.2) is 96.7 Å². The number of aliphatic hydroxyl groups excluding tert-OH is 1. The van der Waals surface area contributed by atoms with Crippen LogP contribution in [0.25, 0.3) is 0 Å². The maximum absolute atomic E-state index is 13.1. The van der Waals surface area contributed by atoms with E-state index in [0.717, 1.165) is 96.3 Å². The third kappa shape index (κ3) is 72.2. The van der Waals surface area contributed by atoms with Crippen molar-refractivity contribution in [3.63, 3.8) is 0 Å². The van der Waals surface area contributed by atoms with Crippen LogP contribution in [0.5, 0.6) is 0 Å². The van der Waals surface area contributed by atoms with Crippen LogP contribution in [0.1, 0.15) is 419 Å². The van der Waals surface area contributed by atoms with Crippen molar-refractivity contribution < 1.29 is 80.2 Å². The zero-order chi connectivity index (χ0) is 71.1. The van der Waals surface area contributed by atoms with Gasteiger partial charge in [-0.05, 0) is 25.7 Å². The lowest BCUT2D eigenvalue weighted by Crippen LogP contribution is -2.30. The first-order valence-electron chi connectivity index (χ1n) is 40.8. The van der Waals surface area contributed by atoms with Gasteiger partial charge in [0.25, 0.3) is 0 Å². The molecule has 0 aromatic rings. The van der Waals surface area contributed by atoms with Crippen molar-refractivity contribution >= 4 is 39.5 Å². The van der Waals surface area contributed by atoms with E-state index in [1.54, 1.807) is 0 Å². The Kier molecular flexibility index (Phi) is 71.0. The van der Waals surface area contributed by atoms with Gasteiger partial charge in [-0.3, -0.25) is 37.3 Å². The third-order valence-electron chi connectivity index (χ3n) is 18.4. The maximum Gasteiger partial charge on any atom is 0.472 e. The Labute approximate surface area is 594 Å². The number of rotatable bonds is 79. The minimum absolute atomic E-state index is 0.108. The van der Waals surface area contributed by atoms with Gasteiger partial charge >= 0.3 is 39.5 Å². The molecule has 0 saturated heterocycles. The summed E-state index contributed by atoms with van der Waals surface area (Å²) in [6, 6.07) is 0. The third-order valence-corrected chi connectivity index (χ3v) is 20.3. The van der Waals surface area contributed by atoms with E-state index in [9.17, 15) is 43.2 Å². The molecular formula is C78H152O17P2. The molecule has 0 aromatic carbocycles. The lowest BCUT2D eigenvalue weighted by molar-refractivity contribution is -0.161. The number of hydrogen-bond acceptors (Lipinski definition) is 15. The number of carbonyl (C=O) groups is 4. The Balaban J connectivity index is 5.12. The molecule has 0 rings (SSSR count). The molecule has 2 unspecified atom stereocenters. The largest absolute Gasteiger partial charge is 0.472 e. The highest BCUT2D eigenvalue weighted by atomic mass is 31.2. The second-order valence-corrected chi connectivity index (χ2v) is 31.0. The molecule has 3 N–H and O–H groups in total. The van der Waals surface area contributed by atoms with Crippen LogP contribution >= 0.6 is 15.6 Å². The predicted octanol–water partition coefficient (Wildman–Crippen LogP) is 23.4. The monoisotopic (exact) mass is 1420 g/mol. The Morgan fingerprint density at radius 3 is 0.608 bits per heavy atom. The van der Waals surface area contributed by atoms with Gasteiger partial charge in [0.1, 0.15) is 19.3 Å².